The average molecular weight is 290 g/mol. The second kappa shape index (κ2) is 7.33. The molecule has 2 rings (SSSR count). The molecular formula is C16H18O3S. The van der Waals surface area contributed by atoms with Crippen molar-refractivity contribution < 1.29 is 14.9 Å². The highest BCUT2D eigenvalue weighted by Gasteiger charge is 2.03. The molecule has 0 saturated carbocycles. The zero-order chi connectivity index (χ0) is 14.4. The number of aliphatic hydroxyl groups is 2. The third kappa shape index (κ3) is 4.56. The van der Waals surface area contributed by atoms with Crippen LogP contribution >= 0.6 is 11.8 Å². The van der Waals surface area contributed by atoms with Crippen LogP contribution in [0.1, 0.15) is 5.56 Å². The highest BCUT2D eigenvalue weighted by atomic mass is 32.2. The van der Waals surface area contributed by atoms with Crippen LogP contribution in [-0.2, 0) is 0 Å². The van der Waals surface area contributed by atoms with E-state index < -0.39 is 6.10 Å². The SMILES string of the molecule is Cc1ccc(Sc2ccc(OCC(O)CO)cc2)cc1. The maximum absolute atomic E-state index is 9.21. The molecule has 0 spiro atoms. The third-order valence-corrected chi connectivity index (χ3v) is 3.75. The van der Waals surface area contributed by atoms with Gasteiger partial charge < -0.3 is 14.9 Å². The van der Waals surface area contributed by atoms with E-state index in [0.717, 1.165) is 4.90 Å². The molecule has 0 fully saturated rings. The van der Waals surface area contributed by atoms with Crippen molar-refractivity contribution in [2.24, 2.45) is 0 Å². The molecule has 4 heteroatoms. The molecule has 0 saturated heterocycles. The Labute approximate surface area is 123 Å². The van der Waals surface area contributed by atoms with Gasteiger partial charge in [0.15, 0.2) is 0 Å². The molecule has 1 atom stereocenters. The molecule has 3 nitrogen and oxygen atoms in total. The summed E-state index contributed by atoms with van der Waals surface area (Å²) in [5, 5.41) is 17.9. The van der Waals surface area contributed by atoms with E-state index in [9.17, 15) is 5.11 Å². The number of hydrogen-bond donors (Lipinski definition) is 2. The van der Waals surface area contributed by atoms with Crippen LogP contribution in [0, 0.1) is 6.92 Å². The molecule has 0 aliphatic carbocycles. The summed E-state index contributed by atoms with van der Waals surface area (Å²) in [6, 6.07) is 16.1. The lowest BCUT2D eigenvalue weighted by molar-refractivity contribution is 0.0536. The van der Waals surface area contributed by atoms with E-state index in [2.05, 4.69) is 31.2 Å². The third-order valence-electron chi connectivity index (χ3n) is 2.73. The van der Waals surface area contributed by atoms with Gasteiger partial charge in [-0.3, -0.25) is 0 Å². The Morgan fingerprint density at radius 2 is 1.55 bits per heavy atom. The summed E-state index contributed by atoms with van der Waals surface area (Å²) < 4.78 is 5.36. The number of aliphatic hydroxyl groups excluding tert-OH is 2. The molecule has 2 aromatic rings. The molecule has 0 heterocycles. The van der Waals surface area contributed by atoms with Gasteiger partial charge in [-0.25, -0.2) is 0 Å². The quantitative estimate of drug-likeness (QED) is 0.859. The normalized spacial score (nSPS) is 12.2. The number of ether oxygens (including phenoxy) is 1. The molecule has 2 N–H and O–H groups in total. The Hall–Kier alpha value is -1.49. The van der Waals surface area contributed by atoms with Gasteiger partial charge in [-0.15, -0.1) is 0 Å². The minimum absolute atomic E-state index is 0.0982. The minimum Gasteiger partial charge on any atom is -0.491 e. The predicted molar refractivity (Wildman–Crippen MR) is 80.3 cm³/mol. The number of rotatable bonds is 6. The fraction of sp³-hybridized carbons (Fsp3) is 0.250. The highest BCUT2D eigenvalue weighted by molar-refractivity contribution is 7.99. The van der Waals surface area contributed by atoms with Crippen LogP contribution in [0.4, 0.5) is 0 Å². The van der Waals surface area contributed by atoms with Gasteiger partial charge in [-0.05, 0) is 43.3 Å². The van der Waals surface area contributed by atoms with E-state index in [1.807, 2.05) is 24.3 Å². The number of benzene rings is 2. The van der Waals surface area contributed by atoms with Crippen LogP contribution < -0.4 is 4.74 Å². The minimum atomic E-state index is -0.836. The van der Waals surface area contributed by atoms with Gasteiger partial charge in [0, 0.05) is 9.79 Å². The summed E-state index contributed by atoms with van der Waals surface area (Å²) in [5.41, 5.74) is 1.25. The summed E-state index contributed by atoms with van der Waals surface area (Å²) in [5.74, 6) is 0.686. The summed E-state index contributed by atoms with van der Waals surface area (Å²) in [4.78, 5) is 2.32. The van der Waals surface area contributed by atoms with E-state index in [0.29, 0.717) is 5.75 Å². The Bertz CT molecular complexity index is 522. The van der Waals surface area contributed by atoms with Crippen LogP contribution in [0.3, 0.4) is 0 Å². The van der Waals surface area contributed by atoms with Crippen LogP contribution in [0.5, 0.6) is 5.75 Å². The number of hydrogen-bond acceptors (Lipinski definition) is 4. The lowest BCUT2D eigenvalue weighted by atomic mass is 10.2. The predicted octanol–water partition coefficient (Wildman–Crippen LogP) is 2.88. The first kappa shape index (κ1) is 14.9. The van der Waals surface area contributed by atoms with Crippen LogP contribution in [-0.4, -0.2) is 29.5 Å². The van der Waals surface area contributed by atoms with Crippen LogP contribution in [0.2, 0.25) is 0 Å². The summed E-state index contributed by atoms with van der Waals surface area (Å²) >= 11 is 1.69. The zero-order valence-electron chi connectivity index (χ0n) is 11.3. The van der Waals surface area contributed by atoms with Gasteiger partial charge in [0.25, 0.3) is 0 Å². The summed E-state index contributed by atoms with van der Waals surface area (Å²) in [6.07, 6.45) is -0.836. The van der Waals surface area contributed by atoms with Crippen molar-refractivity contribution in [3.8, 4) is 5.75 Å². The van der Waals surface area contributed by atoms with Crippen molar-refractivity contribution in [2.45, 2.75) is 22.8 Å². The molecule has 106 valence electrons. The van der Waals surface area contributed by atoms with Gasteiger partial charge >= 0.3 is 0 Å². The second-order valence-electron chi connectivity index (χ2n) is 4.53. The largest absolute Gasteiger partial charge is 0.491 e. The van der Waals surface area contributed by atoms with E-state index in [4.69, 9.17) is 9.84 Å². The van der Waals surface area contributed by atoms with Gasteiger partial charge in [0.2, 0.25) is 0 Å². The lowest BCUT2D eigenvalue weighted by Crippen LogP contribution is -2.21. The Balaban J connectivity index is 1.92. The first-order chi connectivity index (χ1) is 9.67. The maximum atomic E-state index is 9.21. The molecule has 1 unspecified atom stereocenters. The van der Waals surface area contributed by atoms with Gasteiger partial charge in [0.1, 0.15) is 18.5 Å². The van der Waals surface area contributed by atoms with Gasteiger partial charge in [-0.1, -0.05) is 29.5 Å². The highest BCUT2D eigenvalue weighted by Crippen LogP contribution is 2.29. The fourth-order valence-corrected chi connectivity index (χ4v) is 2.41. The molecule has 0 radical (unpaired) electrons. The molecule has 0 amide bonds. The summed E-state index contributed by atoms with van der Waals surface area (Å²) in [6.45, 7) is 1.88. The van der Waals surface area contributed by atoms with E-state index in [-0.39, 0.29) is 13.2 Å². The van der Waals surface area contributed by atoms with E-state index in [1.165, 1.54) is 10.5 Å². The van der Waals surface area contributed by atoms with Gasteiger partial charge in [0.05, 0.1) is 6.61 Å². The molecule has 0 aromatic heterocycles. The fourth-order valence-electron chi connectivity index (χ4n) is 1.59. The molecule has 0 aliphatic heterocycles. The Kier molecular flexibility index (Phi) is 5.47. The first-order valence-corrected chi connectivity index (χ1v) is 7.25. The van der Waals surface area contributed by atoms with Crippen LogP contribution in [0.15, 0.2) is 58.3 Å². The molecule has 0 aliphatic rings. The average Bonchev–Trinajstić information content (AvgIpc) is 2.48. The van der Waals surface area contributed by atoms with E-state index in [1.54, 1.807) is 11.8 Å². The maximum Gasteiger partial charge on any atom is 0.119 e. The van der Waals surface area contributed by atoms with Crippen LogP contribution in [0.25, 0.3) is 0 Å². The van der Waals surface area contributed by atoms with Crippen molar-refractivity contribution in [1.82, 2.24) is 0 Å². The monoisotopic (exact) mass is 290 g/mol. The zero-order valence-corrected chi connectivity index (χ0v) is 12.1. The second-order valence-corrected chi connectivity index (χ2v) is 5.68. The van der Waals surface area contributed by atoms with Crippen molar-refractivity contribution >= 4 is 11.8 Å². The van der Waals surface area contributed by atoms with Crippen molar-refractivity contribution in [3.63, 3.8) is 0 Å². The Morgan fingerprint density at radius 3 is 2.10 bits per heavy atom. The van der Waals surface area contributed by atoms with E-state index >= 15 is 0 Å². The standard InChI is InChI=1S/C16H18O3S/c1-12-2-6-15(7-3-12)20-16-8-4-14(5-9-16)19-11-13(18)10-17/h2-9,13,17-18H,10-11H2,1H3. The smallest absolute Gasteiger partial charge is 0.119 e. The summed E-state index contributed by atoms with van der Waals surface area (Å²) in [7, 11) is 0. The molecule has 20 heavy (non-hydrogen) atoms. The lowest BCUT2D eigenvalue weighted by Gasteiger charge is -2.10. The topological polar surface area (TPSA) is 49.7 Å². The number of aryl methyl sites for hydroxylation is 1. The molecule has 0 bridgehead atoms. The first-order valence-electron chi connectivity index (χ1n) is 6.43. The Morgan fingerprint density at radius 1 is 1.00 bits per heavy atom. The van der Waals surface area contributed by atoms with Gasteiger partial charge in [-0.2, -0.15) is 0 Å². The van der Waals surface area contributed by atoms with Crippen molar-refractivity contribution in [2.75, 3.05) is 13.2 Å². The van der Waals surface area contributed by atoms with Crippen molar-refractivity contribution in [1.29, 1.82) is 0 Å². The molecular weight excluding hydrogens is 272 g/mol. The van der Waals surface area contributed by atoms with Crippen molar-refractivity contribution in [3.05, 3.63) is 54.1 Å². The molecule has 2 aromatic carbocycles.